The number of fused-ring (bicyclic) bond motifs is 1. The van der Waals surface area contributed by atoms with Gasteiger partial charge in [-0.2, -0.15) is 0 Å². The molecule has 0 spiro atoms. The van der Waals surface area contributed by atoms with Gasteiger partial charge in [-0.25, -0.2) is 4.79 Å². The fourth-order valence-electron chi connectivity index (χ4n) is 1.36. The van der Waals surface area contributed by atoms with Gasteiger partial charge in [-0.3, -0.25) is 0 Å². The molecule has 1 aromatic carbocycles. The molecule has 17 heavy (non-hydrogen) atoms. The fourth-order valence-corrected chi connectivity index (χ4v) is 1.36. The lowest BCUT2D eigenvalue weighted by Crippen LogP contribution is -2.15. The predicted molar refractivity (Wildman–Crippen MR) is 59.5 cm³/mol. The zero-order chi connectivity index (χ0) is 12.3. The maximum atomic E-state index is 10.2. The summed E-state index contributed by atoms with van der Waals surface area (Å²) in [4.78, 5) is 10.2. The first-order valence-corrected chi connectivity index (χ1v) is 4.88. The molecule has 0 aliphatic carbocycles. The van der Waals surface area contributed by atoms with E-state index < -0.39 is 12.4 Å². The molecule has 0 amide bonds. The number of carbonyl (C=O) groups is 1. The van der Waals surface area contributed by atoms with Crippen molar-refractivity contribution in [1.82, 2.24) is 0 Å². The number of aliphatic hydroxyl groups is 1. The van der Waals surface area contributed by atoms with Crippen LogP contribution in [0.15, 0.2) is 36.4 Å². The van der Waals surface area contributed by atoms with E-state index in [4.69, 9.17) is 19.7 Å². The van der Waals surface area contributed by atoms with Gasteiger partial charge in [0.2, 0.25) is 0 Å². The molecule has 1 aromatic rings. The average molecular weight is 234 g/mol. The van der Waals surface area contributed by atoms with E-state index in [0.29, 0.717) is 11.5 Å². The van der Waals surface area contributed by atoms with Crippen molar-refractivity contribution in [1.29, 1.82) is 0 Å². The van der Waals surface area contributed by atoms with Crippen LogP contribution in [0.1, 0.15) is 5.56 Å². The molecule has 1 unspecified atom stereocenters. The molecule has 88 valence electrons. The highest BCUT2D eigenvalue weighted by Crippen LogP contribution is 2.34. The number of rotatable bonds is 3. The molecule has 0 bridgehead atoms. The maximum Gasteiger partial charge on any atom is 0.358 e. The Kier molecular flexibility index (Phi) is 3.11. The summed E-state index contributed by atoms with van der Waals surface area (Å²) in [5.41, 5.74) is 0.816. The minimum absolute atomic E-state index is 0.460. The molecule has 0 aromatic heterocycles. The van der Waals surface area contributed by atoms with Gasteiger partial charge in [-0.15, -0.1) is 0 Å². The Morgan fingerprint density at radius 3 is 2.76 bits per heavy atom. The van der Waals surface area contributed by atoms with Gasteiger partial charge < -0.3 is 19.7 Å². The molecule has 0 saturated heterocycles. The van der Waals surface area contributed by atoms with Gasteiger partial charge in [0, 0.05) is 6.08 Å². The van der Waals surface area contributed by atoms with Crippen LogP contribution in [0.3, 0.4) is 0 Å². The highest BCUT2D eigenvalue weighted by atomic mass is 16.8. The first-order valence-electron chi connectivity index (χ1n) is 4.88. The summed E-state index contributed by atoms with van der Waals surface area (Å²) in [6.45, 7) is -1.25. The summed E-state index contributed by atoms with van der Waals surface area (Å²) in [6.07, 6.45) is 5.77. The Morgan fingerprint density at radius 1 is 1.24 bits per heavy atom. The van der Waals surface area contributed by atoms with Crippen molar-refractivity contribution >= 4 is 12.0 Å². The van der Waals surface area contributed by atoms with Crippen molar-refractivity contribution in [2.45, 2.75) is 6.48 Å². The van der Waals surface area contributed by atoms with E-state index in [-0.39, 0.29) is 0 Å². The Morgan fingerprint density at radius 2 is 2.00 bits per heavy atom. The first-order chi connectivity index (χ1) is 8.15. The minimum atomic E-state index is -1.25. The van der Waals surface area contributed by atoms with Crippen molar-refractivity contribution in [3.8, 4) is 11.5 Å². The predicted octanol–water partition coefficient (Wildman–Crippen LogP) is 1.39. The van der Waals surface area contributed by atoms with E-state index in [0.717, 1.165) is 11.6 Å². The third-order valence-electron chi connectivity index (χ3n) is 2.06. The zero-order valence-corrected chi connectivity index (χ0v) is 8.74. The average Bonchev–Trinajstić information content (AvgIpc) is 2.63. The van der Waals surface area contributed by atoms with Gasteiger partial charge >= 0.3 is 12.4 Å². The monoisotopic (exact) mass is 234 g/mol. The number of hydrogen-bond donors (Lipinski definition) is 2. The standard InChI is InChI=1S/C12H10O5/c13-11(14)4-2-1-3-8-5-6-9-10(7-8)17-12(15)16-9/h1-7,12,15H,(H,13,14). The van der Waals surface area contributed by atoms with Gasteiger partial charge in [-0.1, -0.05) is 24.3 Å². The van der Waals surface area contributed by atoms with Crippen LogP contribution in [-0.2, 0) is 4.79 Å². The fraction of sp³-hybridized carbons (Fsp3) is 0.0833. The molecule has 5 nitrogen and oxygen atoms in total. The minimum Gasteiger partial charge on any atom is -0.478 e. The quantitative estimate of drug-likeness (QED) is 0.610. The van der Waals surface area contributed by atoms with Gasteiger partial charge in [0.25, 0.3) is 0 Å². The Labute approximate surface area is 97.2 Å². The number of benzene rings is 1. The summed E-state index contributed by atoms with van der Waals surface area (Å²) < 4.78 is 9.92. The Hall–Kier alpha value is -2.27. The van der Waals surface area contributed by atoms with Gasteiger partial charge in [-0.05, 0) is 17.7 Å². The maximum absolute atomic E-state index is 10.2. The summed E-state index contributed by atoms with van der Waals surface area (Å²) >= 11 is 0. The summed E-state index contributed by atoms with van der Waals surface area (Å²) in [6, 6.07) is 5.13. The lowest BCUT2D eigenvalue weighted by molar-refractivity contribution is -0.133. The molecule has 1 atom stereocenters. The zero-order valence-electron chi connectivity index (χ0n) is 8.74. The normalized spacial score (nSPS) is 18.1. The molecule has 1 aliphatic heterocycles. The van der Waals surface area contributed by atoms with E-state index in [1.807, 2.05) is 0 Å². The first kappa shape index (κ1) is 11.2. The second-order valence-electron chi connectivity index (χ2n) is 3.31. The molecule has 2 N–H and O–H groups in total. The molecule has 0 fully saturated rings. The van der Waals surface area contributed by atoms with Crippen LogP contribution in [0.4, 0.5) is 0 Å². The summed E-state index contributed by atoms with van der Waals surface area (Å²) in [7, 11) is 0. The second kappa shape index (κ2) is 4.71. The van der Waals surface area contributed by atoms with Crippen molar-refractivity contribution in [3.63, 3.8) is 0 Å². The lowest BCUT2D eigenvalue weighted by Gasteiger charge is -1.98. The SMILES string of the molecule is O=C(O)C=CC=Cc1ccc2c(c1)OC(O)O2. The van der Waals surface area contributed by atoms with E-state index >= 15 is 0 Å². The largest absolute Gasteiger partial charge is 0.478 e. The number of aliphatic hydroxyl groups excluding tert-OH is 1. The molecular weight excluding hydrogens is 224 g/mol. The smallest absolute Gasteiger partial charge is 0.358 e. The van der Waals surface area contributed by atoms with Gasteiger partial charge in [0.05, 0.1) is 0 Å². The van der Waals surface area contributed by atoms with Crippen molar-refractivity contribution < 1.29 is 24.5 Å². The molecule has 1 heterocycles. The van der Waals surface area contributed by atoms with Crippen molar-refractivity contribution in [2.24, 2.45) is 0 Å². The van der Waals surface area contributed by atoms with E-state index in [1.54, 1.807) is 30.4 Å². The van der Waals surface area contributed by atoms with Crippen LogP contribution in [0.2, 0.25) is 0 Å². The highest BCUT2D eigenvalue weighted by molar-refractivity contribution is 5.80. The summed E-state index contributed by atoms with van der Waals surface area (Å²) in [5, 5.41) is 17.5. The van der Waals surface area contributed by atoms with Gasteiger partial charge in [0.15, 0.2) is 11.5 Å². The third-order valence-corrected chi connectivity index (χ3v) is 2.06. The van der Waals surface area contributed by atoms with E-state index in [2.05, 4.69) is 0 Å². The molecule has 0 radical (unpaired) electrons. The van der Waals surface area contributed by atoms with Crippen molar-refractivity contribution in [3.05, 3.63) is 42.0 Å². The van der Waals surface area contributed by atoms with Crippen LogP contribution >= 0.6 is 0 Å². The van der Waals surface area contributed by atoms with Crippen LogP contribution in [0.25, 0.3) is 6.08 Å². The second-order valence-corrected chi connectivity index (χ2v) is 3.31. The Bertz CT molecular complexity index is 490. The number of hydrogen-bond acceptors (Lipinski definition) is 4. The molecule has 1 aliphatic rings. The third kappa shape index (κ3) is 2.85. The highest BCUT2D eigenvalue weighted by Gasteiger charge is 2.21. The number of ether oxygens (including phenoxy) is 2. The van der Waals surface area contributed by atoms with Crippen LogP contribution < -0.4 is 9.47 Å². The number of allylic oxidation sites excluding steroid dienone is 2. The van der Waals surface area contributed by atoms with Crippen LogP contribution in [-0.4, -0.2) is 22.7 Å². The van der Waals surface area contributed by atoms with Crippen LogP contribution in [0.5, 0.6) is 11.5 Å². The number of carboxylic acid groups (broad SMARTS) is 1. The Balaban J connectivity index is 2.09. The number of aliphatic carboxylic acids is 1. The topological polar surface area (TPSA) is 76.0 Å². The van der Waals surface area contributed by atoms with Crippen LogP contribution in [0, 0.1) is 0 Å². The number of carboxylic acids is 1. The molecule has 0 saturated carbocycles. The van der Waals surface area contributed by atoms with Gasteiger partial charge in [0.1, 0.15) is 0 Å². The van der Waals surface area contributed by atoms with E-state index in [9.17, 15) is 4.79 Å². The van der Waals surface area contributed by atoms with Crippen molar-refractivity contribution in [2.75, 3.05) is 0 Å². The molecule has 5 heteroatoms. The summed E-state index contributed by atoms with van der Waals surface area (Å²) in [5.74, 6) is -0.0546. The van der Waals surface area contributed by atoms with E-state index in [1.165, 1.54) is 6.08 Å². The molecule has 2 rings (SSSR count). The lowest BCUT2D eigenvalue weighted by atomic mass is 10.2. The molecular formula is C12H10O5.